The number of nitrogens with zero attached hydrogens (tertiary/aromatic N) is 1. The number of hydroxylamine groups is 2. The average molecular weight is 285 g/mol. The van der Waals surface area contributed by atoms with Crippen molar-refractivity contribution < 1.29 is 19.9 Å². The van der Waals surface area contributed by atoms with Gasteiger partial charge in [-0.15, -0.1) is 0 Å². The van der Waals surface area contributed by atoms with Crippen molar-refractivity contribution in [2.45, 2.75) is 77.2 Å². The largest absolute Gasteiger partial charge is 0.480 e. The van der Waals surface area contributed by atoms with E-state index in [9.17, 15) is 14.8 Å². The van der Waals surface area contributed by atoms with E-state index in [1.54, 1.807) is 0 Å². The first-order valence-electron chi connectivity index (χ1n) is 7.76. The lowest BCUT2D eigenvalue weighted by molar-refractivity contribution is -0.184. The van der Waals surface area contributed by atoms with Gasteiger partial charge in [0.15, 0.2) is 6.04 Å². The summed E-state index contributed by atoms with van der Waals surface area (Å²) < 4.78 is 0. The molecule has 2 N–H and O–H groups in total. The van der Waals surface area contributed by atoms with Crippen molar-refractivity contribution in [1.29, 1.82) is 0 Å². The molecule has 116 valence electrons. The second-order valence-electron chi connectivity index (χ2n) is 5.86. The molecule has 1 rings (SSSR count). The smallest absolute Gasteiger partial charge is 0.328 e. The number of carbonyl (C=O) groups excluding carboxylic acids is 1. The van der Waals surface area contributed by atoms with Crippen LogP contribution in [0.4, 0.5) is 0 Å². The van der Waals surface area contributed by atoms with Crippen molar-refractivity contribution in [2.75, 3.05) is 0 Å². The third-order valence-electron chi connectivity index (χ3n) is 3.93. The molecule has 1 saturated carbocycles. The molecule has 0 aromatic rings. The minimum atomic E-state index is -1.20. The number of aliphatic carboxylic acids is 1. The molecule has 1 aliphatic carbocycles. The number of carboxylic acids is 1. The van der Waals surface area contributed by atoms with E-state index >= 15 is 0 Å². The van der Waals surface area contributed by atoms with Gasteiger partial charge in [-0.2, -0.15) is 0 Å². The maximum Gasteiger partial charge on any atom is 0.328 e. The summed E-state index contributed by atoms with van der Waals surface area (Å²) in [6, 6.07) is -1.18. The molecule has 1 fully saturated rings. The summed E-state index contributed by atoms with van der Waals surface area (Å²) in [5, 5.41) is 18.4. The molecule has 1 aliphatic rings. The van der Waals surface area contributed by atoms with Gasteiger partial charge in [0, 0.05) is 6.42 Å². The van der Waals surface area contributed by atoms with Gasteiger partial charge < -0.3 is 5.11 Å². The van der Waals surface area contributed by atoms with Crippen LogP contribution in [0.15, 0.2) is 0 Å². The number of carboxylic acid groups (broad SMARTS) is 1. The molecular weight excluding hydrogens is 258 g/mol. The van der Waals surface area contributed by atoms with Crippen LogP contribution in [0.2, 0.25) is 0 Å². The Morgan fingerprint density at radius 1 is 1.10 bits per heavy atom. The number of unbranched alkanes of at least 4 members (excludes halogenated alkanes) is 5. The van der Waals surface area contributed by atoms with Gasteiger partial charge in [-0.3, -0.25) is 10.0 Å². The number of hydrogen-bond acceptors (Lipinski definition) is 3. The van der Waals surface area contributed by atoms with E-state index in [4.69, 9.17) is 5.11 Å². The van der Waals surface area contributed by atoms with E-state index < -0.39 is 17.9 Å². The van der Waals surface area contributed by atoms with Crippen molar-refractivity contribution in [3.8, 4) is 0 Å². The van der Waals surface area contributed by atoms with Crippen molar-refractivity contribution in [1.82, 2.24) is 5.06 Å². The summed E-state index contributed by atoms with van der Waals surface area (Å²) in [5.74, 6) is -0.690. The van der Waals surface area contributed by atoms with Crippen molar-refractivity contribution in [2.24, 2.45) is 5.92 Å². The molecule has 20 heavy (non-hydrogen) atoms. The van der Waals surface area contributed by atoms with Gasteiger partial charge in [-0.05, 0) is 19.3 Å². The van der Waals surface area contributed by atoms with Crippen LogP contribution < -0.4 is 0 Å². The molecule has 0 aromatic heterocycles. The van der Waals surface area contributed by atoms with Crippen molar-refractivity contribution in [3.05, 3.63) is 0 Å². The number of carbonyl (C=O) groups is 2. The molecule has 0 unspecified atom stereocenters. The Kier molecular flexibility index (Phi) is 7.59. The second kappa shape index (κ2) is 8.95. The normalized spacial score (nSPS) is 15.9. The highest BCUT2D eigenvalue weighted by Gasteiger charge is 2.23. The van der Waals surface area contributed by atoms with Crippen LogP contribution in [-0.2, 0) is 9.59 Å². The Bertz CT molecular complexity index is 315. The standard InChI is InChI=1S/C15H27NO4/c1-12(15(18)19)16(20)14(17)9-7-5-3-2-4-6-8-13-10-11-13/h12-13,20H,2-11H2,1H3,(H,18,19)/t12-/m0/s1. The Morgan fingerprint density at radius 2 is 1.65 bits per heavy atom. The minimum Gasteiger partial charge on any atom is -0.480 e. The van der Waals surface area contributed by atoms with Crippen LogP contribution in [0.3, 0.4) is 0 Å². The number of rotatable bonds is 11. The molecule has 5 heteroatoms. The Hall–Kier alpha value is -1.10. The fraction of sp³-hybridized carbons (Fsp3) is 0.867. The minimum absolute atomic E-state index is 0.218. The van der Waals surface area contributed by atoms with E-state index in [0.717, 1.165) is 18.8 Å². The van der Waals surface area contributed by atoms with E-state index in [1.165, 1.54) is 45.4 Å². The zero-order valence-corrected chi connectivity index (χ0v) is 12.4. The monoisotopic (exact) mass is 285 g/mol. The molecule has 0 spiro atoms. The summed E-state index contributed by atoms with van der Waals surface area (Å²) in [6.07, 6.45) is 11.0. The van der Waals surface area contributed by atoms with Gasteiger partial charge in [-0.25, -0.2) is 9.86 Å². The van der Waals surface area contributed by atoms with Gasteiger partial charge in [0.25, 0.3) is 0 Å². The molecule has 0 heterocycles. The summed E-state index contributed by atoms with van der Waals surface area (Å²) in [5.41, 5.74) is 0. The predicted octanol–water partition coefficient (Wildman–Crippen LogP) is 3.21. The molecule has 5 nitrogen and oxygen atoms in total. The van der Waals surface area contributed by atoms with Gasteiger partial charge in [0.2, 0.25) is 5.91 Å². The lowest BCUT2D eigenvalue weighted by Crippen LogP contribution is -2.40. The van der Waals surface area contributed by atoms with Gasteiger partial charge in [-0.1, -0.05) is 51.4 Å². The second-order valence-corrected chi connectivity index (χ2v) is 5.86. The average Bonchev–Trinajstić information content (AvgIpc) is 3.23. The molecule has 0 radical (unpaired) electrons. The summed E-state index contributed by atoms with van der Waals surface area (Å²) in [4.78, 5) is 22.1. The number of amides is 1. The molecule has 0 saturated heterocycles. The van der Waals surface area contributed by atoms with E-state index in [0.29, 0.717) is 11.5 Å². The van der Waals surface area contributed by atoms with Gasteiger partial charge >= 0.3 is 5.97 Å². The third kappa shape index (κ3) is 6.89. The fourth-order valence-corrected chi connectivity index (χ4v) is 2.26. The van der Waals surface area contributed by atoms with E-state index in [2.05, 4.69) is 0 Å². The fourth-order valence-electron chi connectivity index (χ4n) is 2.26. The highest BCUT2D eigenvalue weighted by molar-refractivity contribution is 5.82. The molecule has 1 atom stereocenters. The molecule has 0 aromatic carbocycles. The maximum atomic E-state index is 11.5. The first-order chi connectivity index (χ1) is 9.52. The lowest BCUT2D eigenvalue weighted by atomic mass is 10.1. The first kappa shape index (κ1) is 17.0. The van der Waals surface area contributed by atoms with Crippen LogP contribution in [0, 0.1) is 5.92 Å². The van der Waals surface area contributed by atoms with E-state index in [-0.39, 0.29) is 6.42 Å². The first-order valence-corrected chi connectivity index (χ1v) is 7.76. The third-order valence-corrected chi connectivity index (χ3v) is 3.93. The van der Waals surface area contributed by atoms with Gasteiger partial charge in [0.05, 0.1) is 0 Å². The van der Waals surface area contributed by atoms with E-state index in [1.807, 2.05) is 0 Å². The SMILES string of the molecule is C[C@@H](C(=O)O)N(O)C(=O)CCCCCCCCC1CC1. The molecule has 0 bridgehead atoms. The maximum absolute atomic E-state index is 11.5. The van der Waals surface area contributed by atoms with Crippen molar-refractivity contribution >= 4 is 11.9 Å². The van der Waals surface area contributed by atoms with Crippen LogP contribution in [-0.4, -0.2) is 33.3 Å². The quantitative estimate of drug-likeness (QED) is 0.347. The Morgan fingerprint density at radius 3 is 2.20 bits per heavy atom. The number of hydrogen-bond donors (Lipinski definition) is 2. The zero-order valence-electron chi connectivity index (χ0n) is 12.4. The predicted molar refractivity (Wildman–Crippen MR) is 75.4 cm³/mol. The topological polar surface area (TPSA) is 77.8 Å². The summed E-state index contributed by atoms with van der Waals surface area (Å²) in [6.45, 7) is 1.29. The van der Waals surface area contributed by atoms with Crippen molar-refractivity contribution in [3.63, 3.8) is 0 Å². The van der Waals surface area contributed by atoms with Crippen LogP contribution in [0.25, 0.3) is 0 Å². The molecular formula is C15H27NO4. The van der Waals surface area contributed by atoms with Crippen LogP contribution >= 0.6 is 0 Å². The Balaban J connectivity index is 1.93. The highest BCUT2D eigenvalue weighted by Crippen LogP contribution is 2.34. The summed E-state index contributed by atoms with van der Waals surface area (Å²) >= 11 is 0. The Labute approximate surface area is 120 Å². The van der Waals surface area contributed by atoms with Gasteiger partial charge in [0.1, 0.15) is 0 Å². The van der Waals surface area contributed by atoms with Crippen LogP contribution in [0.1, 0.15) is 71.1 Å². The highest BCUT2D eigenvalue weighted by atomic mass is 16.5. The molecule has 1 amide bonds. The zero-order chi connectivity index (χ0) is 15.0. The molecule has 0 aliphatic heterocycles. The van der Waals surface area contributed by atoms with Crippen LogP contribution in [0.5, 0.6) is 0 Å². The summed E-state index contributed by atoms with van der Waals surface area (Å²) in [7, 11) is 0. The lowest BCUT2D eigenvalue weighted by Gasteiger charge is -2.18.